The summed E-state index contributed by atoms with van der Waals surface area (Å²) in [5.41, 5.74) is 2.34. The van der Waals surface area contributed by atoms with Crippen LogP contribution in [-0.2, 0) is 11.3 Å². The minimum atomic E-state index is 0.0679. The van der Waals surface area contributed by atoms with E-state index in [1.807, 2.05) is 19.1 Å². The number of likely N-dealkylation sites (tertiary alicyclic amines) is 1. The van der Waals surface area contributed by atoms with E-state index in [-0.39, 0.29) is 5.91 Å². The van der Waals surface area contributed by atoms with Crippen molar-refractivity contribution in [3.8, 4) is 0 Å². The minimum Gasteiger partial charge on any atom is -0.351 e. The third kappa shape index (κ3) is 4.16. The molecule has 0 aliphatic carbocycles. The first-order valence-electron chi connectivity index (χ1n) is 8.03. The molecule has 1 unspecified atom stereocenters. The van der Waals surface area contributed by atoms with Crippen molar-refractivity contribution in [2.75, 3.05) is 19.6 Å². The second-order valence-corrected chi connectivity index (χ2v) is 6.27. The number of aromatic nitrogens is 3. The van der Waals surface area contributed by atoms with Crippen molar-refractivity contribution in [3.63, 3.8) is 0 Å². The summed E-state index contributed by atoms with van der Waals surface area (Å²) in [4.78, 5) is 18.7. The summed E-state index contributed by atoms with van der Waals surface area (Å²) in [6.45, 7) is 6.73. The maximum atomic E-state index is 12.1. The lowest BCUT2D eigenvalue weighted by Crippen LogP contribution is -2.35. The number of nitrogens with one attached hydrogen (secondary N) is 2. The number of amides is 1. The van der Waals surface area contributed by atoms with Gasteiger partial charge < -0.3 is 5.32 Å². The van der Waals surface area contributed by atoms with Gasteiger partial charge in [0.25, 0.3) is 0 Å². The summed E-state index contributed by atoms with van der Waals surface area (Å²) in [6.07, 6.45) is 1.00. The highest BCUT2D eigenvalue weighted by Gasteiger charge is 2.27. The maximum Gasteiger partial charge on any atom is 0.234 e. The van der Waals surface area contributed by atoms with Crippen LogP contribution in [-0.4, -0.2) is 45.6 Å². The van der Waals surface area contributed by atoms with Crippen molar-refractivity contribution in [1.82, 2.24) is 25.4 Å². The van der Waals surface area contributed by atoms with E-state index in [9.17, 15) is 4.79 Å². The molecule has 23 heavy (non-hydrogen) atoms. The number of carbonyl (C=O) groups is 1. The van der Waals surface area contributed by atoms with Crippen LogP contribution in [0.2, 0.25) is 0 Å². The molecule has 0 saturated carbocycles. The fourth-order valence-electron chi connectivity index (χ4n) is 3.01. The molecule has 0 spiro atoms. The average molecular weight is 313 g/mol. The van der Waals surface area contributed by atoms with Gasteiger partial charge in [-0.3, -0.25) is 14.8 Å². The maximum absolute atomic E-state index is 12.1. The van der Waals surface area contributed by atoms with Gasteiger partial charge in [0.1, 0.15) is 5.82 Å². The number of aromatic amines is 1. The molecule has 1 aliphatic heterocycles. The molecule has 0 radical (unpaired) electrons. The van der Waals surface area contributed by atoms with Gasteiger partial charge in [-0.2, -0.15) is 5.10 Å². The third-order valence-corrected chi connectivity index (χ3v) is 4.19. The highest BCUT2D eigenvalue weighted by atomic mass is 16.2. The van der Waals surface area contributed by atoms with Gasteiger partial charge in [-0.15, -0.1) is 0 Å². The Morgan fingerprint density at radius 3 is 3.04 bits per heavy atom. The molecular formula is C17H23N5O. The van der Waals surface area contributed by atoms with E-state index < -0.39 is 0 Å². The quantitative estimate of drug-likeness (QED) is 0.878. The second kappa shape index (κ2) is 6.91. The van der Waals surface area contributed by atoms with Gasteiger partial charge in [-0.05, 0) is 32.4 Å². The number of aryl methyl sites for hydroxylation is 2. The first kappa shape index (κ1) is 15.7. The number of hydrogen-bond donors (Lipinski definition) is 2. The SMILES string of the molecule is Cc1cccc(CNC(=O)CN2CCC(c3n[nH]c(C)n3)C2)c1. The van der Waals surface area contributed by atoms with Crippen molar-refractivity contribution in [1.29, 1.82) is 0 Å². The Kier molecular flexibility index (Phi) is 4.71. The second-order valence-electron chi connectivity index (χ2n) is 6.27. The number of hydrogen-bond acceptors (Lipinski definition) is 4. The van der Waals surface area contributed by atoms with E-state index in [2.05, 4.69) is 44.5 Å². The summed E-state index contributed by atoms with van der Waals surface area (Å²) >= 11 is 0. The third-order valence-electron chi connectivity index (χ3n) is 4.19. The molecule has 2 aromatic rings. The number of H-pyrrole nitrogens is 1. The van der Waals surface area contributed by atoms with Crippen molar-refractivity contribution in [2.24, 2.45) is 0 Å². The Bertz CT molecular complexity index is 681. The minimum absolute atomic E-state index is 0.0679. The lowest BCUT2D eigenvalue weighted by atomic mass is 10.1. The molecule has 1 aromatic carbocycles. The molecule has 2 heterocycles. The Hall–Kier alpha value is -2.21. The standard InChI is InChI=1S/C17H23N5O/c1-12-4-3-5-14(8-12)9-18-16(23)11-22-7-6-15(10-22)17-19-13(2)20-21-17/h3-5,8,15H,6-7,9-11H2,1-2H3,(H,18,23)(H,19,20,21). The van der Waals surface area contributed by atoms with Crippen LogP contribution in [0.1, 0.15) is 35.1 Å². The van der Waals surface area contributed by atoms with Gasteiger partial charge in [-0.25, -0.2) is 4.98 Å². The van der Waals surface area contributed by atoms with Gasteiger partial charge in [0.05, 0.1) is 6.54 Å². The monoisotopic (exact) mass is 313 g/mol. The normalized spacial score (nSPS) is 18.3. The number of carbonyl (C=O) groups excluding carboxylic acids is 1. The van der Waals surface area contributed by atoms with Gasteiger partial charge in [0.15, 0.2) is 5.82 Å². The Morgan fingerprint density at radius 2 is 2.30 bits per heavy atom. The number of nitrogens with zero attached hydrogens (tertiary/aromatic N) is 3. The fourth-order valence-corrected chi connectivity index (χ4v) is 3.01. The zero-order valence-corrected chi connectivity index (χ0v) is 13.7. The van der Waals surface area contributed by atoms with Crippen LogP contribution in [0.4, 0.5) is 0 Å². The first-order valence-corrected chi connectivity index (χ1v) is 8.03. The van der Waals surface area contributed by atoms with Crippen molar-refractivity contribution in [3.05, 3.63) is 47.0 Å². The summed E-state index contributed by atoms with van der Waals surface area (Å²) in [6, 6.07) is 8.20. The van der Waals surface area contributed by atoms with Crippen molar-refractivity contribution < 1.29 is 4.79 Å². The zero-order valence-electron chi connectivity index (χ0n) is 13.7. The fraction of sp³-hybridized carbons (Fsp3) is 0.471. The molecule has 1 aliphatic rings. The molecule has 0 bridgehead atoms. The Balaban J connectivity index is 1.45. The lowest BCUT2D eigenvalue weighted by Gasteiger charge is -2.15. The summed E-state index contributed by atoms with van der Waals surface area (Å²) in [5, 5.41) is 10.1. The zero-order chi connectivity index (χ0) is 16.2. The summed E-state index contributed by atoms with van der Waals surface area (Å²) < 4.78 is 0. The summed E-state index contributed by atoms with van der Waals surface area (Å²) in [5.74, 6) is 2.10. The van der Waals surface area contributed by atoms with E-state index in [4.69, 9.17) is 0 Å². The molecule has 3 rings (SSSR count). The molecule has 6 heteroatoms. The topological polar surface area (TPSA) is 73.9 Å². The van der Waals surface area contributed by atoms with Crippen LogP contribution in [0.3, 0.4) is 0 Å². The highest BCUT2D eigenvalue weighted by molar-refractivity contribution is 5.78. The molecule has 1 saturated heterocycles. The molecule has 1 atom stereocenters. The summed E-state index contributed by atoms with van der Waals surface area (Å²) in [7, 11) is 0. The largest absolute Gasteiger partial charge is 0.351 e. The smallest absolute Gasteiger partial charge is 0.234 e. The molecular weight excluding hydrogens is 290 g/mol. The molecule has 2 N–H and O–H groups in total. The molecule has 1 amide bonds. The highest BCUT2D eigenvalue weighted by Crippen LogP contribution is 2.24. The average Bonchev–Trinajstić information content (AvgIpc) is 3.14. The Morgan fingerprint density at radius 1 is 1.43 bits per heavy atom. The number of rotatable bonds is 5. The van der Waals surface area contributed by atoms with E-state index in [1.54, 1.807) is 0 Å². The molecule has 1 aromatic heterocycles. The van der Waals surface area contributed by atoms with Crippen LogP contribution >= 0.6 is 0 Å². The van der Waals surface area contributed by atoms with Gasteiger partial charge >= 0.3 is 0 Å². The van der Waals surface area contributed by atoms with E-state index in [0.717, 1.165) is 36.7 Å². The van der Waals surface area contributed by atoms with Crippen molar-refractivity contribution >= 4 is 5.91 Å². The molecule has 6 nitrogen and oxygen atoms in total. The van der Waals surface area contributed by atoms with Crippen LogP contribution in [0.15, 0.2) is 24.3 Å². The Labute approximate surface area is 136 Å². The van der Waals surface area contributed by atoms with Crippen LogP contribution < -0.4 is 5.32 Å². The van der Waals surface area contributed by atoms with Gasteiger partial charge in [-0.1, -0.05) is 29.8 Å². The van der Waals surface area contributed by atoms with Crippen LogP contribution in [0.25, 0.3) is 0 Å². The van der Waals surface area contributed by atoms with E-state index >= 15 is 0 Å². The van der Waals surface area contributed by atoms with Crippen LogP contribution in [0.5, 0.6) is 0 Å². The molecule has 1 fully saturated rings. The molecule has 122 valence electrons. The van der Waals surface area contributed by atoms with Gasteiger partial charge in [0, 0.05) is 19.0 Å². The van der Waals surface area contributed by atoms with E-state index in [0.29, 0.717) is 19.0 Å². The van der Waals surface area contributed by atoms with Crippen molar-refractivity contribution in [2.45, 2.75) is 32.7 Å². The van der Waals surface area contributed by atoms with E-state index in [1.165, 1.54) is 5.56 Å². The first-order chi connectivity index (χ1) is 11.1. The van der Waals surface area contributed by atoms with Crippen LogP contribution in [0, 0.1) is 13.8 Å². The number of benzene rings is 1. The van der Waals surface area contributed by atoms with Gasteiger partial charge in [0.2, 0.25) is 5.91 Å². The predicted octanol–water partition coefficient (Wildman–Crippen LogP) is 1.53. The predicted molar refractivity (Wildman–Crippen MR) is 87.9 cm³/mol. The lowest BCUT2D eigenvalue weighted by molar-refractivity contribution is -0.122.